The van der Waals surface area contributed by atoms with Crippen LogP contribution in [-0.2, 0) is 29.8 Å². The number of carbonyl (C=O) groups is 4. The summed E-state index contributed by atoms with van der Waals surface area (Å²) in [6.45, 7) is 3.19. The lowest BCUT2D eigenvalue weighted by Crippen LogP contribution is -2.29. The highest BCUT2D eigenvalue weighted by atomic mass is 32.2. The summed E-state index contributed by atoms with van der Waals surface area (Å²) in [5.74, 6) is -4.01. The van der Waals surface area contributed by atoms with Crippen molar-refractivity contribution in [1.29, 1.82) is 0 Å². The number of amides is 4. The molecule has 0 saturated heterocycles. The van der Waals surface area contributed by atoms with Gasteiger partial charge in [-0.1, -0.05) is 12.1 Å². The molecule has 0 fully saturated rings. The maximum atomic E-state index is 13.0. The highest BCUT2D eigenvalue weighted by molar-refractivity contribution is 7.86. The molecule has 0 bridgehead atoms. The van der Waals surface area contributed by atoms with Crippen LogP contribution in [0, 0.1) is 13.8 Å². The Morgan fingerprint density at radius 3 is 1.16 bits per heavy atom. The number of phenols is 2. The molecule has 56 heavy (non-hydrogen) atoms. The first kappa shape index (κ1) is 38.9. The molecule has 0 spiro atoms. The first-order valence-electron chi connectivity index (χ1n) is 16.2. The fourth-order valence-electron chi connectivity index (χ4n) is 5.69. The molecule has 18 heteroatoms. The van der Waals surface area contributed by atoms with Crippen molar-refractivity contribution in [2.24, 2.45) is 0 Å². The lowest BCUT2D eigenvalue weighted by atomic mass is 10.1. The normalized spacial score (nSPS) is 11.6. The number of anilines is 4. The minimum Gasteiger partial charge on any atom is -0.506 e. The van der Waals surface area contributed by atoms with Crippen LogP contribution in [0.3, 0.4) is 0 Å². The second kappa shape index (κ2) is 14.8. The van der Waals surface area contributed by atoms with E-state index in [4.69, 9.17) is 0 Å². The molecule has 286 valence electrons. The number of hydrogen-bond acceptors (Lipinski definition) is 10. The molecular weight excluding hydrogens is 769 g/mol. The van der Waals surface area contributed by atoms with Crippen molar-refractivity contribution < 1.29 is 55.3 Å². The largest absolute Gasteiger partial charge is 0.506 e. The predicted octanol–water partition coefficient (Wildman–Crippen LogP) is 5.60. The second-order valence-corrected chi connectivity index (χ2v) is 15.4. The van der Waals surface area contributed by atoms with Gasteiger partial charge in [-0.3, -0.25) is 28.3 Å². The van der Waals surface area contributed by atoms with Gasteiger partial charge in [-0.25, -0.2) is 0 Å². The Kier molecular flexibility index (Phi) is 10.2. The monoisotopic (exact) mass is 798 g/mol. The van der Waals surface area contributed by atoms with Crippen LogP contribution in [0.15, 0.2) is 107 Å². The van der Waals surface area contributed by atoms with Gasteiger partial charge in [0.1, 0.15) is 11.5 Å². The summed E-state index contributed by atoms with van der Waals surface area (Å²) in [4.78, 5) is 51.0. The standard InChI is InChI=1S/C38H30N4O12S2/c1-19-11-23(35(45)41-31-15-21-3-7-27(55(49,50)51)13-25(21)17-33(31)43)5-9-29(19)39-37(47)38(48)40-30-10-6-24(12-20(30)2)36(46)42-32-16-22-4-8-28(56(52,53)54)14-26(22)18-34(32)44/h3-18,43-44H,1-2H3,(H,39,47)(H,40,48)(H,41,45)(H,42,46)(H,49,50,51)(H,52,53,54). The summed E-state index contributed by atoms with van der Waals surface area (Å²) in [6, 6.07) is 21.3. The van der Waals surface area contributed by atoms with E-state index >= 15 is 0 Å². The first-order valence-corrected chi connectivity index (χ1v) is 19.1. The third-order valence-electron chi connectivity index (χ3n) is 8.62. The summed E-state index contributed by atoms with van der Waals surface area (Å²) in [5.41, 5.74) is 1.66. The van der Waals surface area contributed by atoms with Crippen molar-refractivity contribution in [2.75, 3.05) is 21.3 Å². The Bertz CT molecular complexity index is 2700. The SMILES string of the molecule is Cc1cc(C(=O)Nc2cc3ccc(S(=O)(=O)O)cc3cc2O)ccc1NC(=O)C(=O)Nc1ccc(C(=O)Nc2cc3ccc(S(=O)(=O)O)cc3cc2O)cc1C. The summed E-state index contributed by atoms with van der Waals surface area (Å²) < 4.78 is 64.4. The van der Waals surface area contributed by atoms with Gasteiger partial charge >= 0.3 is 11.8 Å². The Hall–Kier alpha value is -6.86. The third-order valence-corrected chi connectivity index (χ3v) is 10.3. The summed E-state index contributed by atoms with van der Waals surface area (Å²) in [6.07, 6.45) is 0. The Morgan fingerprint density at radius 2 is 0.821 bits per heavy atom. The third kappa shape index (κ3) is 8.43. The first-order chi connectivity index (χ1) is 26.3. The van der Waals surface area contributed by atoms with Gasteiger partial charge in [0.05, 0.1) is 21.2 Å². The number of nitrogens with one attached hydrogen (secondary N) is 4. The zero-order chi connectivity index (χ0) is 40.7. The minimum absolute atomic E-state index is 0.0307. The molecule has 6 rings (SSSR count). The summed E-state index contributed by atoms with van der Waals surface area (Å²) in [5, 5.41) is 32.6. The van der Waals surface area contributed by atoms with E-state index in [0.717, 1.165) is 0 Å². The van der Waals surface area contributed by atoms with Gasteiger partial charge in [0.15, 0.2) is 0 Å². The van der Waals surface area contributed by atoms with Crippen LogP contribution in [0.5, 0.6) is 11.5 Å². The van der Waals surface area contributed by atoms with E-state index in [9.17, 15) is 55.3 Å². The molecule has 4 amide bonds. The number of benzene rings is 6. The van der Waals surface area contributed by atoms with Crippen LogP contribution in [0.25, 0.3) is 21.5 Å². The molecule has 0 unspecified atom stereocenters. The number of aryl methyl sites for hydroxylation is 2. The Morgan fingerprint density at radius 1 is 0.446 bits per heavy atom. The van der Waals surface area contributed by atoms with Gasteiger partial charge in [0.25, 0.3) is 32.1 Å². The maximum Gasteiger partial charge on any atom is 0.314 e. The molecule has 6 aromatic carbocycles. The number of carbonyl (C=O) groups excluding carboxylic acids is 4. The highest BCUT2D eigenvalue weighted by Gasteiger charge is 2.20. The average Bonchev–Trinajstić information content (AvgIpc) is 3.12. The van der Waals surface area contributed by atoms with Crippen LogP contribution in [0.2, 0.25) is 0 Å². The lowest BCUT2D eigenvalue weighted by molar-refractivity contribution is -0.133. The van der Waals surface area contributed by atoms with Crippen molar-refractivity contribution in [3.63, 3.8) is 0 Å². The molecule has 0 aliphatic rings. The Balaban J connectivity index is 1.07. The van der Waals surface area contributed by atoms with Gasteiger partial charge in [0, 0.05) is 22.5 Å². The van der Waals surface area contributed by atoms with Crippen LogP contribution in [0.1, 0.15) is 31.8 Å². The molecule has 8 N–H and O–H groups in total. The van der Waals surface area contributed by atoms with E-state index in [0.29, 0.717) is 32.7 Å². The number of aromatic hydroxyl groups is 2. The zero-order valence-corrected chi connectivity index (χ0v) is 30.7. The van der Waals surface area contributed by atoms with Gasteiger partial charge < -0.3 is 31.5 Å². The molecule has 0 saturated carbocycles. The van der Waals surface area contributed by atoms with Crippen LogP contribution >= 0.6 is 0 Å². The quantitative estimate of drug-likeness (QED) is 0.0532. The minimum atomic E-state index is -4.46. The molecule has 0 aliphatic heterocycles. The van der Waals surface area contributed by atoms with Crippen molar-refractivity contribution >= 4 is 88.2 Å². The number of phenolic OH excluding ortho intramolecular Hbond substituents is 2. The van der Waals surface area contributed by atoms with Gasteiger partial charge in [-0.05, 0) is 131 Å². The van der Waals surface area contributed by atoms with Crippen molar-refractivity contribution in [3.8, 4) is 11.5 Å². The number of fused-ring (bicyclic) bond motifs is 2. The number of rotatable bonds is 8. The average molecular weight is 799 g/mol. The highest BCUT2D eigenvalue weighted by Crippen LogP contribution is 2.33. The zero-order valence-electron chi connectivity index (χ0n) is 29.1. The lowest BCUT2D eigenvalue weighted by Gasteiger charge is -2.13. The second-order valence-electron chi connectivity index (χ2n) is 12.6. The van der Waals surface area contributed by atoms with E-state index in [1.54, 1.807) is 13.8 Å². The topological polar surface area (TPSA) is 266 Å². The van der Waals surface area contributed by atoms with E-state index in [1.165, 1.54) is 97.1 Å². The number of hydrogen-bond donors (Lipinski definition) is 8. The van der Waals surface area contributed by atoms with Crippen molar-refractivity contribution in [1.82, 2.24) is 0 Å². The molecule has 0 heterocycles. The van der Waals surface area contributed by atoms with E-state index in [2.05, 4.69) is 21.3 Å². The molecule has 0 aliphatic carbocycles. The molecule has 0 atom stereocenters. The summed E-state index contributed by atoms with van der Waals surface area (Å²) >= 11 is 0. The molecular formula is C38H30N4O12S2. The van der Waals surface area contributed by atoms with Crippen LogP contribution in [0.4, 0.5) is 22.7 Å². The fourth-order valence-corrected chi connectivity index (χ4v) is 6.72. The fraction of sp³-hybridized carbons (Fsp3) is 0.0526. The van der Waals surface area contributed by atoms with Gasteiger partial charge in [-0.2, -0.15) is 16.8 Å². The van der Waals surface area contributed by atoms with E-state index in [-0.39, 0.29) is 55.2 Å². The molecule has 6 aromatic rings. The van der Waals surface area contributed by atoms with E-state index in [1.807, 2.05) is 0 Å². The smallest absolute Gasteiger partial charge is 0.314 e. The molecule has 0 radical (unpaired) electrons. The van der Waals surface area contributed by atoms with Crippen molar-refractivity contribution in [2.45, 2.75) is 23.6 Å². The molecule has 0 aromatic heterocycles. The summed E-state index contributed by atoms with van der Waals surface area (Å²) in [7, 11) is -8.92. The van der Waals surface area contributed by atoms with Crippen LogP contribution in [-0.4, -0.2) is 59.8 Å². The molecule has 16 nitrogen and oxygen atoms in total. The Labute approximate surface area is 318 Å². The maximum absolute atomic E-state index is 13.0. The van der Waals surface area contributed by atoms with Crippen molar-refractivity contribution in [3.05, 3.63) is 119 Å². The van der Waals surface area contributed by atoms with Crippen LogP contribution < -0.4 is 21.3 Å². The van der Waals surface area contributed by atoms with Gasteiger partial charge in [0.2, 0.25) is 0 Å². The van der Waals surface area contributed by atoms with Gasteiger partial charge in [-0.15, -0.1) is 0 Å². The predicted molar refractivity (Wildman–Crippen MR) is 206 cm³/mol. The van der Waals surface area contributed by atoms with E-state index < -0.39 is 43.9 Å².